The van der Waals surface area contributed by atoms with Gasteiger partial charge in [0.2, 0.25) is 0 Å². The van der Waals surface area contributed by atoms with Crippen LogP contribution in [0.25, 0.3) is 0 Å². The minimum atomic E-state index is -0.00301. The Kier molecular flexibility index (Phi) is 9.13. The molecule has 67 valence electrons. The summed E-state index contributed by atoms with van der Waals surface area (Å²) in [5.41, 5.74) is 0. The molecular formula is C7H12NO3Pb. The molecule has 0 aromatic rings. The van der Waals surface area contributed by atoms with E-state index in [1.165, 1.54) is 0 Å². The number of aldehydes is 1. The van der Waals surface area contributed by atoms with Crippen LogP contribution in [0.4, 0.5) is 0 Å². The van der Waals surface area contributed by atoms with Crippen molar-refractivity contribution in [3.8, 4) is 0 Å². The standard InChI is InChI=1S/C7H12NO3.Pb/c1-2-3-7(10)8-6-11-5-4-9;/h4H,1-3,5-6H2,(H,8,10);. The molecule has 0 saturated heterocycles. The van der Waals surface area contributed by atoms with Gasteiger partial charge in [0.25, 0.3) is 0 Å². The third-order valence-corrected chi connectivity index (χ3v) is 2.51. The zero-order chi connectivity index (χ0) is 9.23. The average molecular weight is 365 g/mol. The van der Waals surface area contributed by atoms with Gasteiger partial charge in [0.1, 0.15) is 0 Å². The van der Waals surface area contributed by atoms with Gasteiger partial charge in [0, 0.05) is 0 Å². The molecule has 0 rings (SSSR count). The number of carbonyl (C=O) groups excluding carboxylic acids is 2. The SMILES string of the molecule is O=CCOCNC(=O)CC[CH2][Pb]. The number of rotatable bonds is 7. The summed E-state index contributed by atoms with van der Waals surface area (Å²) in [6.07, 6.45) is 2.17. The van der Waals surface area contributed by atoms with E-state index >= 15 is 0 Å². The molecule has 5 heteroatoms. The van der Waals surface area contributed by atoms with Crippen molar-refractivity contribution in [3.05, 3.63) is 0 Å². The number of hydrogen-bond donors (Lipinski definition) is 1. The van der Waals surface area contributed by atoms with Crippen LogP contribution in [-0.4, -0.2) is 51.3 Å². The third kappa shape index (κ3) is 8.12. The van der Waals surface area contributed by atoms with Crippen molar-refractivity contribution in [2.24, 2.45) is 0 Å². The second-order valence-electron chi connectivity index (χ2n) is 2.14. The molecule has 0 heterocycles. The van der Waals surface area contributed by atoms with Gasteiger partial charge >= 0.3 is 87.8 Å². The third-order valence-electron chi connectivity index (χ3n) is 1.14. The van der Waals surface area contributed by atoms with Crippen molar-refractivity contribution in [3.63, 3.8) is 0 Å². The molecule has 1 amide bonds. The van der Waals surface area contributed by atoms with E-state index in [9.17, 15) is 9.59 Å². The van der Waals surface area contributed by atoms with Gasteiger partial charge in [0.05, 0.1) is 0 Å². The second kappa shape index (κ2) is 9.11. The van der Waals surface area contributed by atoms with Crippen molar-refractivity contribution in [1.29, 1.82) is 0 Å². The topological polar surface area (TPSA) is 55.4 Å². The monoisotopic (exact) mass is 366 g/mol. The molecule has 0 spiro atoms. The number of nitrogens with one attached hydrogen (secondary N) is 1. The molecule has 3 radical (unpaired) electrons. The van der Waals surface area contributed by atoms with E-state index in [0.29, 0.717) is 12.7 Å². The summed E-state index contributed by atoms with van der Waals surface area (Å²) in [6.45, 7) is 0.180. The quantitative estimate of drug-likeness (QED) is 0.290. The molecule has 0 saturated carbocycles. The first-order valence-electron chi connectivity index (χ1n) is 3.74. The molecule has 0 atom stereocenters. The molecular weight excluding hydrogens is 353 g/mol. The Bertz CT molecular complexity index is 141. The Morgan fingerprint density at radius 1 is 1.58 bits per heavy atom. The van der Waals surface area contributed by atoms with Gasteiger partial charge in [-0.05, 0) is 0 Å². The first-order chi connectivity index (χ1) is 5.81. The van der Waals surface area contributed by atoms with Gasteiger partial charge in [-0.15, -0.1) is 0 Å². The van der Waals surface area contributed by atoms with Crippen LogP contribution in [0.1, 0.15) is 12.8 Å². The molecule has 0 bridgehead atoms. The molecule has 0 fully saturated rings. The van der Waals surface area contributed by atoms with E-state index in [0.717, 1.165) is 36.2 Å². The van der Waals surface area contributed by atoms with Crippen LogP contribution < -0.4 is 5.32 Å². The fraction of sp³-hybridized carbons (Fsp3) is 0.714. The van der Waals surface area contributed by atoms with Crippen molar-refractivity contribution in [1.82, 2.24) is 5.32 Å². The van der Waals surface area contributed by atoms with E-state index in [1.54, 1.807) is 0 Å². The normalized spacial score (nSPS) is 9.42. The molecule has 0 aliphatic rings. The summed E-state index contributed by atoms with van der Waals surface area (Å²) < 4.78 is 5.88. The summed E-state index contributed by atoms with van der Waals surface area (Å²) in [5, 5.41) is 2.55. The summed E-state index contributed by atoms with van der Waals surface area (Å²) in [6, 6.07) is 0. The fourth-order valence-corrected chi connectivity index (χ4v) is 1.26. The van der Waals surface area contributed by atoms with Crippen LogP contribution in [0.3, 0.4) is 0 Å². The molecule has 12 heavy (non-hydrogen) atoms. The van der Waals surface area contributed by atoms with Crippen molar-refractivity contribution in [2.45, 2.75) is 16.8 Å². The van der Waals surface area contributed by atoms with E-state index < -0.39 is 0 Å². The van der Waals surface area contributed by atoms with Crippen LogP contribution in [0.15, 0.2) is 0 Å². The number of ether oxygens (including phenoxy) is 1. The molecule has 0 aliphatic carbocycles. The summed E-state index contributed by atoms with van der Waals surface area (Å²) in [5.74, 6) is -0.00301. The average Bonchev–Trinajstić information content (AvgIpc) is 2.09. The maximum absolute atomic E-state index is 10.9. The van der Waals surface area contributed by atoms with Crippen LogP contribution in [0.5, 0.6) is 0 Å². The van der Waals surface area contributed by atoms with Gasteiger partial charge in [0.15, 0.2) is 0 Å². The number of carbonyl (C=O) groups is 2. The Hall–Kier alpha value is 0.0221. The Morgan fingerprint density at radius 2 is 2.33 bits per heavy atom. The van der Waals surface area contributed by atoms with Crippen LogP contribution in [0.2, 0.25) is 3.98 Å². The fourth-order valence-electron chi connectivity index (χ4n) is 0.576. The summed E-state index contributed by atoms with van der Waals surface area (Å²) >= 11 is 1.14. The molecule has 0 unspecified atom stereocenters. The first kappa shape index (κ1) is 12.0. The second-order valence-corrected chi connectivity index (χ2v) is 4.08. The van der Waals surface area contributed by atoms with Gasteiger partial charge in [-0.1, -0.05) is 0 Å². The van der Waals surface area contributed by atoms with Crippen LogP contribution in [-0.2, 0) is 14.3 Å². The zero-order valence-corrected chi connectivity index (χ0v) is 10.7. The Morgan fingerprint density at radius 3 is 2.92 bits per heavy atom. The first-order valence-corrected chi connectivity index (χ1v) is 6.48. The molecule has 4 nitrogen and oxygen atoms in total. The predicted octanol–water partition coefficient (Wildman–Crippen LogP) is -0.357. The maximum atomic E-state index is 10.9. The van der Waals surface area contributed by atoms with Crippen molar-refractivity contribution >= 4 is 38.0 Å². The number of hydrogen-bond acceptors (Lipinski definition) is 3. The van der Waals surface area contributed by atoms with Gasteiger partial charge < -0.3 is 0 Å². The Labute approximate surface area is 87.7 Å². The predicted molar refractivity (Wildman–Crippen MR) is 44.8 cm³/mol. The zero-order valence-electron chi connectivity index (χ0n) is 6.84. The van der Waals surface area contributed by atoms with Gasteiger partial charge in [-0.3, -0.25) is 0 Å². The molecule has 0 aromatic heterocycles. The van der Waals surface area contributed by atoms with E-state index in [-0.39, 0.29) is 19.2 Å². The molecule has 1 N–H and O–H groups in total. The van der Waals surface area contributed by atoms with Gasteiger partial charge in [-0.2, -0.15) is 0 Å². The molecule has 0 aromatic carbocycles. The number of amides is 1. The van der Waals surface area contributed by atoms with Gasteiger partial charge in [-0.25, -0.2) is 0 Å². The summed E-state index contributed by atoms with van der Waals surface area (Å²) in [7, 11) is 0. The van der Waals surface area contributed by atoms with Crippen LogP contribution in [0, 0.1) is 0 Å². The summed E-state index contributed by atoms with van der Waals surface area (Å²) in [4.78, 5) is 20.7. The molecule has 0 aliphatic heterocycles. The van der Waals surface area contributed by atoms with E-state index in [1.807, 2.05) is 0 Å². The Balaban J connectivity index is 3.13. The van der Waals surface area contributed by atoms with E-state index in [2.05, 4.69) is 5.32 Å². The van der Waals surface area contributed by atoms with Crippen molar-refractivity contribution in [2.75, 3.05) is 13.3 Å². The van der Waals surface area contributed by atoms with E-state index in [4.69, 9.17) is 4.74 Å². The minimum absolute atomic E-state index is 0.00301. The van der Waals surface area contributed by atoms with Crippen molar-refractivity contribution < 1.29 is 14.3 Å². The van der Waals surface area contributed by atoms with Crippen LogP contribution >= 0.6 is 0 Å².